The molecule has 0 amide bonds. The van der Waals surface area contributed by atoms with E-state index in [0.717, 1.165) is 17.8 Å². The molecule has 4 nitrogen and oxygen atoms in total. The lowest BCUT2D eigenvalue weighted by molar-refractivity contribution is 0.462. The van der Waals surface area contributed by atoms with Crippen LogP contribution in [0.25, 0.3) is 0 Å². The molecule has 1 atom stereocenters. The average molecular weight is 294 g/mol. The van der Waals surface area contributed by atoms with Gasteiger partial charge >= 0.3 is 0 Å². The number of aromatic nitrogens is 2. The second-order valence-electron chi connectivity index (χ2n) is 5.12. The Morgan fingerprint density at radius 1 is 1.38 bits per heavy atom. The molecule has 0 aliphatic rings. The summed E-state index contributed by atoms with van der Waals surface area (Å²) in [7, 11) is 1.81. The summed E-state index contributed by atoms with van der Waals surface area (Å²) >= 11 is 0. The van der Waals surface area contributed by atoms with Crippen molar-refractivity contribution >= 4 is 0 Å². The maximum absolute atomic E-state index is 14.2. The molecule has 6 heteroatoms. The zero-order valence-corrected chi connectivity index (χ0v) is 12.5. The van der Waals surface area contributed by atoms with Crippen LogP contribution in [-0.2, 0) is 19.9 Å². The summed E-state index contributed by atoms with van der Waals surface area (Å²) in [6, 6.07) is 3.96. The third kappa shape index (κ3) is 3.11. The number of hydrogen-bond acceptors (Lipinski definition) is 3. The number of hydrazine groups is 1. The van der Waals surface area contributed by atoms with Gasteiger partial charge in [-0.1, -0.05) is 13.0 Å². The number of nitrogens with zero attached hydrogens (tertiary/aromatic N) is 2. The highest BCUT2D eigenvalue weighted by Gasteiger charge is 2.22. The van der Waals surface area contributed by atoms with Gasteiger partial charge in [0, 0.05) is 24.7 Å². The van der Waals surface area contributed by atoms with Gasteiger partial charge in [0.2, 0.25) is 0 Å². The fraction of sp³-hybridized carbons (Fsp3) is 0.400. The van der Waals surface area contributed by atoms with Crippen molar-refractivity contribution in [2.75, 3.05) is 0 Å². The topological polar surface area (TPSA) is 55.9 Å². The Balaban J connectivity index is 2.36. The molecular weight excluding hydrogens is 274 g/mol. The highest BCUT2D eigenvalue weighted by molar-refractivity contribution is 5.30. The predicted molar refractivity (Wildman–Crippen MR) is 77.4 cm³/mol. The molecule has 0 saturated heterocycles. The van der Waals surface area contributed by atoms with Crippen molar-refractivity contribution in [3.05, 3.63) is 52.3 Å². The molecule has 0 aliphatic heterocycles. The zero-order valence-electron chi connectivity index (χ0n) is 12.5. The number of rotatable bonds is 5. The SMILES string of the molecule is CCc1cc(CC(NN)c2c(F)ccc(C)c2F)n(C)n1. The van der Waals surface area contributed by atoms with Gasteiger partial charge in [0.25, 0.3) is 0 Å². The minimum atomic E-state index is -0.648. The molecule has 0 spiro atoms. The highest BCUT2D eigenvalue weighted by Crippen LogP contribution is 2.25. The van der Waals surface area contributed by atoms with Crippen LogP contribution in [0.3, 0.4) is 0 Å². The Bertz CT molecular complexity index is 637. The number of nitrogens with two attached hydrogens (primary N) is 1. The summed E-state index contributed by atoms with van der Waals surface area (Å²) in [5.41, 5.74) is 4.68. The van der Waals surface area contributed by atoms with Crippen LogP contribution in [0.2, 0.25) is 0 Å². The number of benzene rings is 1. The van der Waals surface area contributed by atoms with Gasteiger partial charge in [-0.15, -0.1) is 0 Å². The van der Waals surface area contributed by atoms with Gasteiger partial charge in [0.05, 0.1) is 11.7 Å². The lowest BCUT2D eigenvalue weighted by Gasteiger charge is -2.18. The Kier molecular flexibility index (Phi) is 4.69. The molecular formula is C15H20F2N4. The molecule has 1 heterocycles. The maximum atomic E-state index is 14.2. The molecule has 2 rings (SSSR count). The number of aryl methyl sites for hydroxylation is 3. The smallest absolute Gasteiger partial charge is 0.133 e. The summed E-state index contributed by atoms with van der Waals surface area (Å²) in [5.74, 6) is 4.36. The Morgan fingerprint density at radius 2 is 2.10 bits per heavy atom. The van der Waals surface area contributed by atoms with E-state index in [1.54, 1.807) is 11.6 Å². The van der Waals surface area contributed by atoms with Gasteiger partial charge < -0.3 is 0 Å². The van der Waals surface area contributed by atoms with Crippen LogP contribution in [0.5, 0.6) is 0 Å². The minimum Gasteiger partial charge on any atom is -0.272 e. The van der Waals surface area contributed by atoms with Crippen molar-refractivity contribution in [3.8, 4) is 0 Å². The van der Waals surface area contributed by atoms with E-state index in [1.807, 2.05) is 20.0 Å². The highest BCUT2D eigenvalue weighted by atomic mass is 19.1. The van der Waals surface area contributed by atoms with Crippen molar-refractivity contribution in [1.29, 1.82) is 0 Å². The van der Waals surface area contributed by atoms with Crippen molar-refractivity contribution < 1.29 is 8.78 Å². The second-order valence-corrected chi connectivity index (χ2v) is 5.12. The third-order valence-electron chi connectivity index (χ3n) is 3.67. The molecule has 0 bridgehead atoms. The molecule has 1 unspecified atom stereocenters. The van der Waals surface area contributed by atoms with Crippen molar-refractivity contribution in [1.82, 2.24) is 15.2 Å². The van der Waals surface area contributed by atoms with Crippen molar-refractivity contribution in [2.45, 2.75) is 32.7 Å². The Hall–Kier alpha value is -1.79. The quantitative estimate of drug-likeness (QED) is 0.657. The molecule has 114 valence electrons. The minimum absolute atomic E-state index is 0.0308. The normalized spacial score (nSPS) is 12.7. The monoisotopic (exact) mass is 294 g/mol. The summed E-state index contributed by atoms with van der Waals surface area (Å²) in [4.78, 5) is 0. The van der Waals surface area contributed by atoms with Gasteiger partial charge in [-0.25, -0.2) is 8.78 Å². The van der Waals surface area contributed by atoms with Gasteiger partial charge in [-0.3, -0.25) is 16.0 Å². The Morgan fingerprint density at radius 3 is 2.67 bits per heavy atom. The third-order valence-corrected chi connectivity index (χ3v) is 3.67. The molecule has 3 N–H and O–H groups in total. The number of halogens is 2. The summed E-state index contributed by atoms with van der Waals surface area (Å²) in [6.07, 6.45) is 1.17. The summed E-state index contributed by atoms with van der Waals surface area (Å²) in [6.45, 7) is 3.61. The van der Waals surface area contributed by atoms with E-state index in [1.165, 1.54) is 12.1 Å². The van der Waals surface area contributed by atoms with Crippen LogP contribution < -0.4 is 11.3 Å². The standard InChI is InChI=1S/C15H20F2N4/c1-4-10-7-11(21(3)20-10)8-13(19-18)14-12(16)6-5-9(2)15(14)17/h5-7,13,19H,4,8,18H2,1-3H3. The molecule has 1 aromatic heterocycles. The molecule has 21 heavy (non-hydrogen) atoms. The van der Waals surface area contributed by atoms with E-state index in [0.29, 0.717) is 12.0 Å². The first-order valence-corrected chi connectivity index (χ1v) is 6.90. The summed E-state index contributed by atoms with van der Waals surface area (Å²) < 4.78 is 29.9. The molecule has 0 aliphatic carbocycles. The van der Waals surface area contributed by atoms with E-state index in [2.05, 4.69) is 10.5 Å². The number of hydrogen-bond donors (Lipinski definition) is 2. The van der Waals surface area contributed by atoms with Gasteiger partial charge in [0.1, 0.15) is 11.6 Å². The number of nitrogens with one attached hydrogen (secondary N) is 1. The lowest BCUT2D eigenvalue weighted by Crippen LogP contribution is -2.31. The van der Waals surface area contributed by atoms with Crippen molar-refractivity contribution in [3.63, 3.8) is 0 Å². The second kappa shape index (κ2) is 6.32. The zero-order chi connectivity index (χ0) is 15.6. The van der Waals surface area contributed by atoms with E-state index in [-0.39, 0.29) is 5.56 Å². The lowest BCUT2D eigenvalue weighted by atomic mass is 9.99. The molecule has 0 radical (unpaired) electrons. The molecule has 0 fully saturated rings. The largest absolute Gasteiger partial charge is 0.272 e. The fourth-order valence-electron chi connectivity index (χ4n) is 2.39. The molecule has 0 saturated carbocycles. The van der Waals surface area contributed by atoms with Crippen molar-refractivity contribution in [2.24, 2.45) is 12.9 Å². The van der Waals surface area contributed by atoms with Crippen LogP contribution in [0.1, 0.15) is 35.5 Å². The molecule has 2 aromatic rings. The van der Waals surface area contributed by atoms with E-state index in [4.69, 9.17) is 5.84 Å². The van der Waals surface area contributed by atoms with Gasteiger partial charge in [-0.2, -0.15) is 5.10 Å². The van der Waals surface area contributed by atoms with Crippen LogP contribution in [-0.4, -0.2) is 9.78 Å². The maximum Gasteiger partial charge on any atom is 0.133 e. The first kappa shape index (κ1) is 15.6. The van der Waals surface area contributed by atoms with Crippen LogP contribution in [0.15, 0.2) is 18.2 Å². The first-order chi connectivity index (χ1) is 9.97. The van der Waals surface area contributed by atoms with E-state index < -0.39 is 17.7 Å². The van der Waals surface area contributed by atoms with Crippen LogP contribution >= 0.6 is 0 Å². The van der Waals surface area contributed by atoms with E-state index in [9.17, 15) is 8.78 Å². The summed E-state index contributed by atoms with van der Waals surface area (Å²) in [5, 5.41) is 4.33. The first-order valence-electron chi connectivity index (χ1n) is 6.90. The van der Waals surface area contributed by atoms with E-state index >= 15 is 0 Å². The van der Waals surface area contributed by atoms with Gasteiger partial charge in [-0.05, 0) is 31.0 Å². The Labute approximate surface area is 122 Å². The van der Waals surface area contributed by atoms with Crippen LogP contribution in [0, 0.1) is 18.6 Å². The fourth-order valence-corrected chi connectivity index (χ4v) is 2.39. The molecule has 1 aromatic carbocycles. The van der Waals surface area contributed by atoms with Crippen LogP contribution in [0.4, 0.5) is 8.78 Å². The average Bonchev–Trinajstić information content (AvgIpc) is 2.82. The predicted octanol–water partition coefficient (Wildman–Crippen LogP) is 2.32. The van der Waals surface area contributed by atoms with Gasteiger partial charge in [0.15, 0.2) is 0 Å².